The SMILES string of the molecule is CN(C)c1ccc([C@H]2Nc3ccc4ccccc4c3C3=C2CC(C)(C)CC3=O)cc1. The van der Waals surface area contributed by atoms with Crippen molar-refractivity contribution in [1.29, 1.82) is 0 Å². The average molecular weight is 397 g/mol. The minimum atomic E-state index is -0.0263. The van der Waals surface area contributed by atoms with Gasteiger partial charge < -0.3 is 10.2 Å². The molecule has 5 rings (SSSR count). The van der Waals surface area contributed by atoms with Crippen molar-refractivity contribution < 1.29 is 4.79 Å². The van der Waals surface area contributed by atoms with E-state index in [1.807, 2.05) is 0 Å². The zero-order chi connectivity index (χ0) is 21.0. The molecule has 0 saturated heterocycles. The standard InChI is InChI=1S/C27H28N2O/c1-27(2)15-21-25(23(30)16-27)24-20-8-6-5-7-17(20)11-14-22(24)28-26(21)18-9-12-19(13-10-18)29(3)4/h5-14,26,28H,15-16H2,1-4H3/t26-/m1/s1. The van der Waals surface area contributed by atoms with E-state index in [2.05, 4.69) is 98.8 Å². The van der Waals surface area contributed by atoms with Crippen molar-refractivity contribution in [2.24, 2.45) is 5.41 Å². The molecular weight excluding hydrogens is 368 g/mol. The topological polar surface area (TPSA) is 32.3 Å². The van der Waals surface area contributed by atoms with E-state index in [1.54, 1.807) is 0 Å². The van der Waals surface area contributed by atoms with Crippen LogP contribution in [-0.4, -0.2) is 19.9 Å². The lowest BCUT2D eigenvalue weighted by Crippen LogP contribution is -2.32. The highest BCUT2D eigenvalue weighted by atomic mass is 16.1. The number of allylic oxidation sites excluding steroid dienone is 1. The molecule has 0 spiro atoms. The van der Waals surface area contributed by atoms with Gasteiger partial charge in [-0.1, -0.05) is 56.3 Å². The molecule has 0 amide bonds. The van der Waals surface area contributed by atoms with E-state index in [0.29, 0.717) is 6.42 Å². The number of carbonyl (C=O) groups is 1. The van der Waals surface area contributed by atoms with Gasteiger partial charge in [0.15, 0.2) is 5.78 Å². The highest BCUT2D eigenvalue weighted by Crippen LogP contribution is 2.51. The van der Waals surface area contributed by atoms with Crippen molar-refractivity contribution in [2.45, 2.75) is 32.7 Å². The summed E-state index contributed by atoms with van der Waals surface area (Å²) < 4.78 is 0. The first-order valence-corrected chi connectivity index (χ1v) is 10.7. The molecule has 1 aliphatic carbocycles. The number of hydrogen-bond donors (Lipinski definition) is 1. The predicted octanol–water partition coefficient (Wildman–Crippen LogP) is 6.22. The van der Waals surface area contributed by atoms with Gasteiger partial charge in [-0.3, -0.25) is 4.79 Å². The van der Waals surface area contributed by atoms with Crippen LogP contribution in [0.25, 0.3) is 16.3 Å². The molecule has 0 aromatic heterocycles. The molecule has 3 nitrogen and oxygen atoms in total. The van der Waals surface area contributed by atoms with Crippen molar-refractivity contribution in [2.75, 3.05) is 24.3 Å². The molecule has 3 aromatic rings. The van der Waals surface area contributed by atoms with Crippen LogP contribution in [-0.2, 0) is 4.79 Å². The van der Waals surface area contributed by atoms with Gasteiger partial charge in [0.1, 0.15) is 0 Å². The first-order chi connectivity index (χ1) is 14.3. The Morgan fingerprint density at radius 1 is 0.933 bits per heavy atom. The number of hydrogen-bond acceptors (Lipinski definition) is 3. The van der Waals surface area contributed by atoms with Gasteiger partial charge in [-0.2, -0.15) is 0 Å². The summed E-state index contributed by atoms with van der Waals surface area (Å²) in [5, 5.41) is 6.12. The molecule has 1 atom stereocenters. The largest absolute Gasteiger partial charge is 0.378 e. The summed E-state index contributed by atoms with van der Waals surface area (Å²) in [6.45, 7) is 4.42. The number of rotatable bonds is 2. The van der Waals surface area contributed by atoms with Crippen LogP contribution in [0.2, 0.25) is 0 Å². The van der Waals surface area contributed by atoms with Gasteiger partial charge in [-0.05, 0) is 51.9 Å². The quantitative estimate of drug-likeness (QED) is 0.558. The number of fused-ring (bicyclic) bond motifs is 4. The minimum Gasteiger partial charge on any atom is -0.378 e. The Bertz CT molecular complexity index is 1190. The van der Waals surface area contributed by atoms with Gasteiger partial charge in [-0.25, -0.2) is 0 Å². The summed E-state index contributed by atoms with van der Waals surface area (Å²) in [5.74, 6) is 0.273. The van der Waals surface area contributed by atoms with Crippen LogP contribution in [0.3, 0.4) is 0 Å². The fraction of sp³-hybridized carbons (Fsp3) is 0.296. The molecule has 3 heteroatoms. The summed E-state index contributed by atoms with van der Waals surface area (Å²) in [5.41, 5.74) is 6.68. The molecule has 1 heterocycles. The van der Waals surface area contributed by atoms with E-state index in [9.17, 15) is 4.79 Å². The predicted molar refractivity (Wildman–Crippen MR) is 126 cm³/mol. The van der Waals surface area contributed by atoms with Gasteiger partial charge in [0.05, 0.1) is 6.04 Å². The van der Waals surface area contributed by atoms with Crippen LogP contribution in [0.15, 0.2) is 66.2 Å². The van der Waals surface area contributed by atoms with Gasteiger partial charge in [0.2, 0.25) is 0 Å². The van der Waals surface area contributed by atoms with Crippen molar-refractivity contribution in [3.63, 3.8) is 0 Å². The smallest absolute Gasteiger partial charge is 0.164 e. The molecular formula is C27H28N2O. The number of anilines is 2. The lowest BCUT2D eigenvalue weighted by Gasteiger charge is -2.40. The van der Waals surface area contributed by atoms with Crippen LogP contribution >= 0.6 is 0 Å². The van der Waals surface area contributed by atoms with Gasteiger partial charge >= 0.3 is 0 Å². The van der Waals surface area contributed by atoms with Crippen molar-refractivity contribution >= 4 is 33.5 Å². The minimum absolute atomic E-state index is 0.0217. The molecule has 3 aromatic carbocycles. The van der Waals surface area contributed by atoms with Crippen LogP contribution in [0.4, 0.5) is 11.4 Å². The first kappa shape index (κ1) is 18.9. The summed E-state index contributed by atoms with van der Waals surface area (Å²) in [6, 6.07) is 21.4. The molecule has 0 radical (unpaired) electrons. The number of benzene rings is 3. The van der Waals surface area contributed by atoms with E-state index >= 15 is 0 Å². The van der Waals surface area contributed by atoms with Crippen molar-refractivity contribution in [3.8, 4) is 0 Å². The molecule has 0 bridgehead atoms. The fourth-order valence-corrected chi connectivity index (χ4v) is 5.07. The molecule has 0 fully saturated rings. The third-order valence-electron chi connectivity index (χ3n) is 6.48. The van der Waals surface area contributed by atoms with Crippen LogP contribution in [0, 0.1) is 5.41 Å². The lowest BCUT2D eigenvalue weighted by molar-refractivity contribution is -0.116. The number of Topliss-reactive ketones (excluding diaryl/α,β-unsaturated/α-hetero) is 1. The second-order valence-corrected chi connectivity index (χ2v) is 9.61. The van der Waals surface area contributed by atoms with Gasteiger partial charge in [0.25, 0.3) is 0 Å². The van der Waals surface area contributed by atoms with Crippen molar-refractivity contribution in [1.82, 2.24) is 0 Å². The Labute approximate surface area is 178 Å². The molecule has 2 aliphatic rings. The van der Waals surface area contributed by atoms with E-state index < -0.39 is 0 Å². The summed E-state index contributed by atoms with van der Waals surface area (Å²) in [7, 11) is 4.11. The Kier molecular flexibility index (Phi) is 4.25. The average Bonchev–Trinajstić information content (AvgIpc) is 2.72. The summed E-state index contributed by atoms with van der Waals surface area (Å²) in [4.78, 5) is 15.6. The van der Waals surface area contributed by atoms with E-state index in [0.717, 1.165) is 28.6 Å². The maximum absolute atomic E-state index is 13.5. The number of carbonyl (C=O) groups excluding carboxylic acids is 1. The maximum atomic E-state index is 13.5. The summed E-state index contributed by atoms with van der Waals surface area (Å²) in [6.07, 6.45) is 1.52. The fourth-order valence-electron chi connectivity index (χ4n) is 5.07. The van der Waals surface area contributed by atoms with Crippen LogP contribution in [0.1, 0.15) is 43.9 Å². The van der Waals surface area contributed by atoms with Crippen LogP contribution in [0.5, 0.6) is 0 Å². The van der Waals surface area contributed by atoms with Crippen LogP contribution < -0.4 is 10.2 Å². The van der Waals surface area contributed by atoms with E-state index in [1.165, 1.54) is 22.2 Å². The molecule has 1 aliphatic heterocycles. The number of nitrogens with zero attached hydrogens (tertiary/aromatic N) is 1. The van der Waals surface area contributed by atoms with Gasteiger partial charge in [-0.15, -0.1) is 0 Å². The maximum Gasteiger partial charge on any atom is 0.164 e. The molecule has 30 heavy (non-hydrogen) atoms. The number of ketones is 1. The zero-order valence-electron chi connectivity index (χ0n) is 18.1. The third kappa shape index (κ3) is 3.00. The Morgan fingerprint density at radius 2 is 1.67 bits per heavy atom. The highest BCUT2D eigenvalue weighted by Gasteiger charge is 2.40. The zero-order valence-corrected chi connectivity index (χ0v) is 18.1. The summed E-state index contributed by atoms with van der Waals surface area (Å²) >= 11 is 0. The second-order valence-electron chi connectivity index (χ2n) is 9.61. The Hall–Kier alpha value is -3.07. The molecule has 0 unspecified atom stereocenters. The number of nitrogens with one attached hydrogen (secondary N) is 1. The highest BCUT2D eigenvalue weighted by molar-refractivity contribution is 6.28. The molecule has 152 valence electrons. The van der Waals surface area contributed by atoms with E-state index in [4.69, 9.17) is 0 Å². The monoisotopic (exact) mass is 396 g/mol. The third-order valence-corrected chi connectivity index (χ3v) is 6.48. The Morgan fingerprint density at radius 3 is 2.40 bits per heavy atom. The Balaban J connectivity index is 1.73. The van der Waals surface area contributed by atoms with E-state index in [-0.39, 0.29) is 17.2 Å². The molecule has 0 saturated carbocycles. The molecule has 1 N–H and O–H groups in total. The normalized spacial score (nSPS) is 19.9. The first-order valence-electron chi connectivity index (χ1n) is 10.7. The second kappa shape index (κ2) is 6.73. The van der Waals surface area contributed by atoms with Crippen molar-refractivity contribution in [3.05, 3.63) is 77.4 Å². The lowest BCUT2D eigenvalue weighted by atomic mass is 9.68. The van der Waals surface area contributed by atoms with Gasteiger partial charge in [0, 0.05) is 43.0 Å².